The molecule has 0 bridgehead atoms. The summed E-state index contributed by atoms with van der Waals surface area (Å²) < 4.78 is 5.46. The summed E-state index contributed by atoms with van der Waals surface area (Å²) in [5.74, 6) is 0.508. The van der Waals surface area contributed by atoms with Crippen molar-refractivity contribution in [2.75, 3.05) is 0 Å². The van der Waals surface area contributed by atoms with E-state index in [0.717, 1.165) is 19.3 Å². The van der Waals surface area contributed by atoms with E-state index < -0.39 is 5.60 Å². The number of rotatable bonds is 7. The minimum absolute atomic E-state index is 0.125. The molecule has 0 amide bonds. The van der Waals surface area contributed by atoms with Crippen molar-refractivity contribution in [3.63, 3.8) is 0 Å². The SMILES string of the molecule is CCC[C@H](N[C@@H](C)CC(C)C)C(=O)OC(C)(C)C. The molecular weight excluding hydrogens is 226 g/mol. The fourth-order valence-corrected chi connectivity index (χ4v) is 2.05. The fraction of sp³-hybridized carbons (Fsp3) is 0.933. The fourth-order valence-electron chi connectivity index (χ4n) is 2.05. The van der Waals surface area contributed by atoms with Crippen LogP contribution in [-0.4, -0.2) is 23.7 Å². The number of carbonyl (C=O) groups excluding carboxylic acids is 1. The second-order valence-corrected chi connectivity index (χ2v) is 6.57. The number of esters is 1. The van der Waals surface area contributed by atoms with Crippen LogP contribution >= 0.6 is 0 Å². The first-order valence-corrected chi connectivity index (χ1v) is 7.14. The molecule has 0 aliphatic carbocycles. The van der Waals surface area contributed by atoms with Gasteiger partial charge in [0.1, 0.15) is 11.6 Å². The van der Waals surface area contributed by atoms with Crippen molar-refractivity contribution in [1.29, 1.82) is 0 Å². The molecule has 0 unspecified atom stereocenters. The third-order valence-electron chi connectivity index (χ3n) is 2.58. The highest BCUT2D eigenvalue weighted by molar-refractivity contribution is 5.76. The summed E-state index contributed by atoms with van der Waals surface area (Å²) in [6.07, 6.45) is 2.88. The number of carbonyl (C=O) groups is 1. The van der Waals surface area contributed by atoms with Crippen molar-refractivity contribution in [2.24, 2.45) is 5.92 Å². The van der Waals surface area contributed by atoms with Gasteiger partial charge in [0.2, 0.25) is 0 Å². The number of hydrogen-bond acceptors (Lipinski definition) is 3. The van der Waals surface area contributed by atoms with Crippen LogP contribution < -0.4 is 5.32 Å². The van der Waals surface area contributed by atoms with Crippen molar-refractivity contribution in [1.82, 2.24) is 5.32 Å². The monoisotopic (exact) mass is 257 g/mol. The van der Waals surface area contributed by atoms with Crippen LogP contribution in [0, 0.1) is 5.92 Å². The molecule has 0 heterocycles. The van der Waals surface area contributed by atoms with Gasteiger partial charge in [0, 0.05) is 6.04 Å². The Labute approximate surface area is 113 Å². The molecule has 2 atom stereocenters. The number of ether oxygens (including phenoxy) is 1. The van der Waals surface area contributed by atoms with E-state index in [1.807, 2.05) is 20.8 Å². The standard InChI is InChI=1S/C15H31NO2/c1-8-9-13(14(17)18-15(5,6)7)16-12(4)10-11(2)3/h11-13,16H,8-10H2,1-7H3/t12-,13-/m0/s1. The Morgan fingerprint density at radius 2 is 1.78 bits per heavy atom. The van der Waals surface area contributed by atoms with Crippen LogP contribution in [0.3, 0.4) is 0 Å². The van der Waals surface area contributed by atoms with Gasteiger partial charge in [0.25, 0.3) is 0 Å². The molecule has 0 saturated carbocycles. The maximum atomic E-state index is 12.1. The lowest BCUT2D eigenvalue weighted by Crippen LogP contribution is -2.45. The van der Waals surface area contributed by atoms with Crippen molar-refractivity contribution in [3.8, 4) is 0 Å². The van der Waals surface area contributed by atoms with Crippen LogP contribution in [0.5, 0.6) is 0 Å². The van der Waals surface area contributed by atoms with E-state index >= 15 is 0 Å². The van der Waals surface area contributed by atoms with Gasteiger partial charge in [-0.2, -0.15) is 0 Å². The minimum Gasteiger partial charge on any atom is -0.459 e. The van der Waals surface area contributed by atoms with Crippen molar-refractivity contribution >= 4 is 5.97 Å². The zero-order valence-corrected chi connectivity index (χ0v) is 13.2. The Morgan fingerprint density at radius 1 is 1.22 bits per heavy atom. The summed E-state index contributed by atoms with van der Waals surface area (Å²) >= 11 is 0. The molecule has 1 N–H and O–H groups in total. The third kappa shape index (κ3) is 8.51. The molecule has 3 nitrogen and oxygen atoms in total. The lowest BCUT2D eigenvalue weighted by Gasteiger charge is -2.27. The van der Waals surface area contributed by atoms with Gasteiger partial charge >= 0.3 is 5.97 Å². The largest absolute Gasteiger partial charge is 0.459 e. The Kier molecular flexibility index (Phi) is 7.53. The van der Waals surface area contributed by atoms with Crippen LogP contribution in [0.4, 0.5) is 0 Å². The predicted molar refractivity (Wildman–Crippen MR) is 76.6 cm³/mol. The molecule has 0 aliphatic rings. The van der Waals surface area contributed by atoms with E-state index in [4.69, 9.17) is 4.74 Å². The van der Waals surface area contributed by atoms with Gasteiger partial charge in [-0.15, -0.1) is 0 Å². The average molecular weight is 257 g/mol. The highest BCUT2D eigenvalue weighted by Crippen LogP contribution is 2.12. The van der Waals surface area contributed by atoms with E-state index in [2.05, 4.69) is 33.0 Å². The molecule has 18 heavy (non-hydrogen) atoms. The second-order valence-electron chi connectivity index (χ2n) is 6.57. The van der Waals surface area contributed by atoms with Crippen LogP contribution in [0.15, 0.2) is 0 Å². The summed E-state index contributed by atoms with van der Waals surface area (Å²) in [5, 5.41) is 3.40. The molecule has 0 rings (SSSR count). The summed E-state index contributed by atoms with van der Waals surface area (Å²) in [4.78, 5) is 12.1. The highest BCUT2D eigenvalue weighted by Gasteiger charge is 2.25. The van der Waals surface area contributed by atoms with Gasteiger partial charge in [-0.1, -0.05) is 27.2 Å². The van der Waals surface area contributed by atoms with E-state index in [-0.39, 0.29) is 12.0 Å². The van der Waals surface area contributed by atoms with Gasteiger partial charge in [-0.25, -0.2) is 0 Å². The first-order chi connectivity index (χ1) is 8.15. The van der Waals surface area contributed by atoms with Gasteiger partial charge in [-0.05, 0) is 46.5 Å². The lowest BCUT2D eigenvalue weighted by atomic mass is 10.0. The molecule has 0 fully saturated rings. The normalized spacial score (nSPS) is 15.6. The van der Waals surface area contributed by atoms with Gasteiger partial charge in [-0.3, -0.25) is 4.79 Å². The number of nitrogens with one attached hydrogen (secondary N) is 1. The molecule has 108 valence electrons. The molecule has 0 aromatic rings. The summed E-state index contributed by atoms with van der Waals surface area (Å²) in [7, 11) is 0. The van der Waals surface area contributed by atoms with Gasteiger partial charge in [0.05, 0.1) is 0 Å². The second kappa shape index (κ2) is 7.78. The summed E-state index contributed by atoms with van der Waals surface area (Å²) in [6.45, 7) is 14.3. The van der Waals surface area contributed by atoms with E-state index in [0.29, 0.717) is 12.0 Å². The zero-order valence-electron chi connectivity index (χ0n) is 13.2. The molecule has 0 aliphatic heterocycles. The third-order valence-corrected chi connectivity index (χ3v) is 2.58. The highest BCUT2D eigenvalue weighted by atomic mass is 16.6. The molecule has 0 spiro atoms. The molecule has 0 aromatic carbocycles. The Hall–Kier alpha value is -0.570. The molecule has 0 aromatic heterocycles. The number of hydrogen-bond donors (Lipinski definition) is 1. The smallest absolute Gasteiger partial charge is 0.323 e. The Balaban J connectivity index is 4.41. The summed E-state index contributed by atoms with van der Waals surface area (Å²) in [6, 6.07) is 0.164. The molecule has 0 radical (unpaired) electrons. The molecular formula is C15H31NO2. The molecule has 3 heteroatoms. The minimum atomic E-state index is -0.411. The average Bonchev–Trinajstić information content (AvgIpc) is 2.12. The van der Waals surface area contributed by atoms with E-state index in [1.54, 1.807) is 0 Å². The van der Waals surface area contributed by atoms with E-state index in [1.165, 1.54) is 0 Å². The van der Waals surface area contributed by atoms with Gasteiger partial charge < -0.3 is 10.1 Å². The maximum absolute atomic E-state index is 12.1. The topological polar surface area (TPSA) is 38.3 Å². The first kappa shape index (κ1) is 17.4. The first-order valence-electron chi connectivity index (χ1n) is 7.14. The van der Waals surface area contributed by atoms with E-state index in [9.17, 15) is 4.79 Å². The Morgan fingerprint density at radius 3 is 2.17 bits per heavy atom. The predicted octanol–water partition coefficient (Wildman–Crippen LogP) is 3.52. The quantitative estimate of drug-likeness (QED) is 0.709. The van der Waals surface area contributed by atoms with Crippen molar-refractivity contribution < 1.29 is 9.53 Å². The zero-order chi connectivity index (χ0) is 14.3. The van der Waals surface area contributed by atoms with Crippen LogP contribution in [0.25, 0.3) is 0 Å². The van der Waals surface area contributed by atoms with Crippen molar-refractivity contribution in [3.05, 3.63) is 0 Å². The van der Waals surface area contributed by atoms with Crippen LogP contribution in [-0.2, 0) is 9.53 Å². The maximum Gasteiger partial charge on any atom is 0.323 e. The van der Waals surface area contributed by atoms with Crippen molar-refractivity contribution in [2.45, 2.75) is 85.4 Å². The van der Waals surface area contributed by atoms with Crippen LogP contribution in [0.2, 0.25) is 0 Å². The summed E-state index contributed by atoms with van der Waals surface area (Å²) in [5.41, 5.74) is -0.411. The van der Waals surface area contributed by atoms with Crippen LogP contribution in [0.1, 0.15) is 67.7 Å². The molecule has 0 saturated heterocycles. The lowest BCUT2D eigenvalue weighted by molar-refractivity contribution is -0.158. The van der Waals surface area contributed by atoms with Gasteiger partial charge in [0.15, 0.2) is 0 Å². The Bertz CT molecular complexity index is 243.